The number of nitrogens with one attached hydrogen (secondary N) is 1. The largest absolute Gasteiger partial charge is 0.389 e. The highest BCUT2D eigenvalue weighted by atomic mass is 35.5. The number of halogens is 2. The van der Waals surface area contributed by atoms with Crippen LogP contribution < -0.4 is 11.2 Å². The normalized spacial score (nSPS) is 13.8. The Bertz CT molecular complexity index is 88.6. The van der Waals surface area contributed by atoms with E-state index in [1.807, 2.05) is 6.92 Å². The van der Waals surface area contributed by atoms with Crippen molar-refractivity contribution in [3.05, 3.63) is 0 Å². The highest BCUT2D eigenvalue weighted by Gasteiger charge is 2.01. The lowest BCUT2D eigenvalue weighted by atomic mass is 10.3. The monoisotopic (exact) mass is 234 g/mol. The summed E-state index contributed by atoms with van der Waals surface area (Å²) >= 11 is 0. The molecule has 0 aliphatic carbocycles. The molecule has 13 heavy (non-hydrogen) atoms. The highest BCUT2D eigenvalue weighted by Crippen LogP contribution is 1.88. The van der Waals surface area contributed by atoms with Crippen LogP contribution in [-0.4, -0.2) is 30.4 Å². The van der Waals surface area contributed by atoms with Gasteiger partial charge in [-0.25, -0.2) is 0 Å². The number of hydroxylamine groups is 1. The molecule has 0 rings (SSSR count). The van der Waals surface area contributed by atoms with E-state index in [9.17, 15) is 0 Å². The second kappa shape index (κ2) is 12.4. The molecule has 6 heteroatoms. The van der Waals surface area contributed by atoms with Crippen molar-refractivity contribution in [2.45, 2.75) is 32.4 Å². The van der Waals surface area contributed by atoms with Crippen molar-refractivity contribution in [1.29, 1.82) is 0 Å². The van der Waals surface area contributed by atoms with Crippen LogP contribution in [0.5, 0.6) is 0 Å². The Morgan fingerprint density at radius 1 is 1.46 bits per heavy atom. The van der Waals surface area contributed by atoms with Gasteiger partial charge in [0.2, 0.25) is 0 Å². The molecule has 2 atom stereocenters. The predicted octanol–water partition coefficient (Wildman–Crippen LogP) is 0.469. The van der Waals surface area contributed by atoms with E-state index in [2.05, 4.69) is 12.4 Å². The van der Waals surface area contributed by atoms with Crippen LogP contribution in [0.15, 0.2) is 0 Å². The first kappa shape index (κ1) is 19.1. The molecule has 0 radical (unpaired) electrons. The molecule has 0 saturated heterocycles. The summed E-state index contributed by atoms with van der Waals surface area (Å²) in [6.45, 7) is 4.55. The van der Waals surface area contributed by atoms with Crippen molar-refractivity contribution < 1.29 is 9.94 Å². The fourth-order valence-corrected chi connectivity index (χ4v) is 0.438. The topological polar surface area (TPSA) is 67.5 Å². The van der Waals surface area contributed by atoms with Gasteiger partial charge >= 0.3 is 0 Å². The van der Waals surface area contributed by atoms with Gasteiger partial charge in [0.1, 0.15) is 0 Å². The third kappa shape index (κ3) is 12.4. The zero-order valence-corrected chi connectivity index (χ0v) is 9.66. The van der Waals surface area contributed by atoms with Gasteiger partial charge in [0.25, 0.3) is 0 Å². The molecule has 0 aromatic rings. The smallest absolute Gasteiger partial charge is 0.0954 e. The second-order valence-electron chi connectivity index (χ2n) is 2.63. The lowest BCUT2D eigenvalue weighted by molar-refractivity contribution is -0.0299. The SMILES string of the molecule is CCC(C)NOCC(O)CN.Cl.Cl. The van der Waals surface area contributed by atoms with Crippen molar-refractivity contribution in [1.82, 2.24) is 5.48 Å². The van der Waals surface area contributed by atoms with Gasteiger partial charge in [0, 0.05) is 12.6 Å². The second-order valence-corrected chi connectivity index (χ2v) is 2.63. The van der Waals surface area contributed by atoms with Crippen molar-refractivity contribution in [2.75, 3.05) is 13.2 Å². The summed E-state index contributed by atoms with van der Waals surface area (Å²) in [5.74, 6) is 0. The molecule has 0 saturated carbocycles. The van der Waals surface area contributed by atoms with Crippen LogP contribution >= 0.6 is 24.8 Å². The molecular weight excluding hydrogens is 215 g/mol. The summed E-state index contributed by atoms with van der Waals surface area (Å²) in [5, 5.41) is 8.95. The molecule has 0 bridgehead atoms. The summed E-state index contributed by atoms with van der Waals surface area (Å²) in [7, 11) is 0. The van der Waals surface area contributed by atoms with Crippen LogP contribution in [0.25, 0.3) is 0 Å². The van der Waals surface area contributed by atoms with Gasteiger partial charge in [0.05, 0.1) is 12.7 Å². The van der Waals surface area contributed by atoms with E-state index in [1.54, 1.807) is 0 Å². The minimum atomic E-state index is -0.563. The molecule has 0 spiro atoms. The molecular formula is C7H20Cl2N2O2. The number of hydrogen-bond donors (Lipinski definition) is 3. The van der Waals surface area contributed by atoms with E-state index in [0.717, 1.165) is 6.42 Å². The fourth-order valence-electron chi connectivity index (χ4n) is 0.438. The average Bonchev–Trinajstić information content (AvgIpc) is 2.04. The number of nitrogens with two attached hydrogens (primary N) is 1. The van der Waals surface area contributed by atoms with Crippen molar-refractivity contribution in [3.63, 3.8) is 0 Å². The third-order valence-corrected chi connectivity index (χ3v) is 1.44. The summed E-state index contributed by atoms with van der Waals surface area (Å²) in [4.78, 5) is 4.96. The molecule has 4 nitrogen and oxygen atoms in total. The van der Waals surface area contributed by atoms with E-state index >= 15 is 0 Å². The lowest BCUT2D eigenvalue weighted by Gasteiger charge is -2.13. The molecule has 0 aliphatic heterocycles. The molecule has 0 aromatic heterocycles. The maximum Gasteiger partial charge on any atom is 0.0954 e. The number of hydrogen-bond acceptors (Lipinski definition) is 4. The number of aliphatic hydroxyl groups is 1. The third-order valence-electron chi connectivity index (χ3n) is 1.44. The Hall–Kier alpha value is 0.420. The molecule has 0 aliphatic rings. The Kier molecular flexibility index (Phi) is 18.2. The quantitative estimate of drug-likeness (QED) is 0.585. The van der Waals surface area contributed by atoms with Crippen LogP contribution in [0.2, 0.25) is 0 Å². The first-order valence-corrected chi connectivity index (χ1v) is 3.96. The van der Waals surface area contributed by atoms with Gasteiger partial charge in [-0.3, -0.25) is 4.84 Å². The number of aliphatic hydroxyl groups excluding tert-OH is 1. The van der Waals surface area contributed by atoms with E-state index in [1.165, 1.54) is 0 Å². The van der Waals surface area contributed by atoms with E-state index in [-0.39, 0.29) is 38.0 Å². The minimum Gasteiger partial charge on any atom is -0.389 e. The number of rotatable bonds is 6. The fraction of sp³-hybridized carbons (Fsp3) is 1.00. The molecule has 0 heterocycles. The van der Waals surface area contributed by atoms with E-state index in [4.69, 9.17) is 15.7 Å². The Morgan fingerprint density at radius 3 is 2.38 bits per heavy atom. The molecule has 84 valence electrons. The standard InChI is InChI=1S/C7H18N2O2.2ClH/c1-3-6(2)9-11-5-7(10)4-8;;/h6-7,9-10H,3-5,8H2,1-2H3;2*1H. The minimum absolute atomic E-state index is 0. The predicted molar refractivity (Wildman–Crippen MR) is 58.4 cm³/mol. The molecule has 4 N–H and O–H groups in total. The average molecular weight is 235 g/mol. The van der Waals surface area contributed by atoms with E-state index in [0.29, 0.717) is 6.04 Å². The zero-order chi connectivity index (χ0) is 8.69. The highest BCUT2D eigenvalue weighted by molar-refractivity contribution is 5.85. The molecule has 2 unspecified atom stereocenters. The van der Waals surface area contributed by atoms with Crippen molar-refractivity contribution in [3.8, 4) is 0 Å². The summed E-state index contributed by atoms with van der Waals surface area (Å²) in [5.41, 5.74) is 7.95. The van der Waals surface area contributed by atoms with Crippen molar-refractivity contribution >= 4 is 24.8 Å². The van der Waals surface area contributed by atoms with Gasteiger partial charge in [-0.1, -0.05) is 6.92 Å². The van der Waals surface area contributed by atoms with Crippen LogP contribution in [0.1, 0.15) is 20.3 Å². The van der Waals surface area contributed by atoms with Crippen LogP contribution in [-0.2, 0) is 4.84 Å². The van der Waals surface area contributed by atoms with Crippen LogP contribution in [0.4, 0.5) is 0 Å². The first-order valence-electron chi connectivity index (χ1n) is 3.96. The molecule has 0 amide bonds. The lowest BCUT2D eigenvalue weighted by Crippen LogP contribution is -2.32. The van der Waals surface area contributed by atoms with Crippen molar-refractivity contribution in [2.24, 2.45) is 5.73 Å². The van der Waals surface area contributed by atoms with Gasteiger partial charge in [0.15, 0.2) is 0 Å². The zero-order valence-electron chi connectivity index (χ0n) is 8.03. The van der Waals surface area contributed by atoms with Crippen LogP contribution in [0, 0.1) is 0 Å². The Balaban J connectivity index is -0.000000500. The Labute approximate surface area is 92.0 Å². The Morgan fingerprint density at radius 2 is 2.00 bits per heavy atom. The summed E-state index contributed by atoms with van der Waals surface area (Å²) < 4.78 is 0. The molecule has 0 fully saturated rings. The summed E-state index contributed by atoms with van der Waals surface area (Å²) in [6.07, 6.45) is 0.435. The van der Waals surface area contributed by atoms with Gasteiger partial charge in [-0.2, -0.15) is 5.48 Å². The molecule has 0 aromatic carbocycles. The van der Waals surface area contributed by atoms with Gasteiger partial charge in [-0.05, 0) is 13.3 Å². The van der Waals surface area contributed by atoms with Gasteiger partial charge in [-0.15, -0.1) is 24.8 Å². The van der Waals surface area contributed by atoms with Gasteiger partial charge < -0.3 is 10.8 Å². The maximum absolute atomic E-state index is 8.95. The maximum atomic E-state index is 8.95. The first-order chi connectivity index (χ1) is 5.20. The summed E-state index contributed by atoms with van der Waals surface area (Å²) in [6, 6.07) is 0.319. The van der Waals surface area contributed by atoms with Crippen LogP contribution in [0.3, 0.4) is 0 Å². The van der Waals surface area contributed by atoms with E-state index < -0.39 is 6.10 Å².